The standard InChI is InChI=1S/C13H18O8S/c1-6(14)18-10-5-22-13(21-9(4)17)12(20-8(3)16)11(10)19-7(2)15/h10-13H,5H2,1-4H3. The van der Waals surface area contributed by atoms with E-state index in [0.29, 0.717) is 0 Å². The molecule has 0 aliphatic carbocycles. The summed E-state index contributed by atoms with van der Waals surface area (Å²) in [6.07, 6.45) is -2.91. The largest absolute Gasteiger partial charge is 0.458 e. The van der Waals surface area contributed by atoms with Gasteiger partial charge in [0, 0.05) is 33.4 Å². The van der Waals surface area contributed by atoms with Crippen molar-refractivity contribution in [2.24, 2.45) is 0 Å². The third-order valence-electron chi connectivity index (χ3n) is 2.59. The van der Waals surface area contributed by atoms with E-state index in [0.717, 1.165) is 11.8 Å². The van der Waals surface area contributed by atoms with E-state index in [4.69, 9.17) is 18.9 Å². The van der Waals surface area contributed by atoms with Crippen LogP contribution in [0, 0.1) is 0 Å². The first-order valence-corrected chi connectivity index (χ1v) is 7.56. The van der Waals surface area contributed by atoms with Crippen molar-refractivity contribution in [3.8, 4) is 0 Å². The first kappa shape index (κ1) is 18.3. The molecule has 1 aliphatic rings. The highest BCUT2D eigenvalue weighted by molar-refractivity contribution is 7.99. The highest BCUT2D eigenvalue weighted by Crippen LogP contribution is 2.33. The van der Waals surface area contributed by atoms with Crippen molar-refractivity contribution in [2.75, 3.05) is 5.75 Å². The maximum atomic E-state index is 11.3. The third kappa shape index (κ3) is 5.55. The van der Waals surface area contributed by atoms with Gasteiger partial charge in [-0.25, -0.2) is 0 Å². The number of esters is 4. The predicted octanol–water partition coefficient (Wildman–Crippen LogP) is 0.417. The Morgan fingerprint density at radius 1 is 0.727 bits per heavy atom. The summed E-state index contributed by atoms with van der Waals surface area (Å²) in [5.41, 5.74) is -0.849. The van der Waals surface area contributed by atoms with Crippen LogP contribution in [0.4, 0.5) is 0 Å². The zero-order valence-electron chi connectivity index (χ0n) is 12.7. The lowest BCUT2D eigenvalue weighted by Crippen LogP contribution is -2.55. The lowest BCUT2D eigenvalue weighted by molar-refractivity contribution is -0.191. The quantitative estimate of drug-likeness (QED) is 0.534. The molecule has 0 saturated carbocycles. The molecule has 9 heteroatoms. The van der Waals surface area contributed by atoms with Gasteiger partial charge in [-0.05, 0) is 0 Å². The number of hydrogen-bond acceptors (Lipinski definition) is 9. The molecular weight excluding hydrogens is 316 g/mol. The Morgan fingerprint density at radius 2 is 1.18 bits per heavy atom. The zero-order valence-corrected chi connectivity index (χ0v) is 13.5. The summed E-state index contributed by atoms with van der Waals surface area (Å²) in [5, 5.41) is 0. The van der Waals surface area contributed by atoms with Gasteiger partial charge in [0.2, 0.25) is 0 Å². The van der Waals surface area contributed by atoms with Gasteiger partial charge in [0.1, 0.15) is 0 Å². The molecule has 0 spiro atoms. The van der Waals surface area contributed by atoms with Crippen LogP contribution >= 0.6 is 11.8 Å². The van der Waals surface area contributed by atoms with Crippen LogP contribution in [-0.4, -0.2) is 53.4 Å². The van der Waals surface area contributed by atoms with Gasteiger partial charge < -0.3 is 18.9 Å². The second-order valence-electron chi connectivity index (χ2n) is 4.61. The number of carbonyl (C=O) groups is 4. The zero-order chi connectivity index (χ0) is 16.9. The number of hydrogen-bond donors (Lipinski definition) is 0. The van der Waals surface area contributed by atoms with Gasteiger partial charge in [-0.3, -0.25) is 19.2 Å². The molecule has 0 amide bonds. The van der Waals surface area contributed by atoms with Gasteiger partial charge in [0.15, 0.2) is 23.7 Å². The number of rotatable bonds is 4. The Balaban J connectivity index is 3.03. The molecule has 0 aromatic carbocycles. The fourth-order valence-corrected chi connectivity index (χ4v) is 3.21. The molecule has 0 bridgehead atoms. The normalized spacial score (nSPS) is 27.5. The maximum Gasteiger partial charge on any atom is 0.303 e. The smallest absolute Gasteiger partial charge is 0.303 e. The summed E-state index contributed by atoms with van der Waals surface area (Å²) in [6.45, 7) is 4.78. The highest BCUT2D eigenvalue weighted by atomic mass is 32.2. The number of thioether (sulfide) groups is 1. The minimum absolute atomic E-state index is 0.229. The minimum atomic E-state index is -1.06. The summed E-state index contributed by atoms with van der Waals surface area (Å²) < 4.78 is 20.4. The van der Waals surface area contributed by atoms with Crippen molar-refractivity contribution >= 4 is 35.6 Å². The van der Waals surface area contributed by atoms with Crippen LogP contribution in [0.5, 0.6) is 0 Å². The van der Waals surface area contributed by atoms with Crippen molar-refractivity contribution in [3.05, 3.63) is 0 Å². The summed E-state index contributed by atoms with van der Waals surface area (Å²) >= 11 is 1.13. The minimum Gasteiger partial charge on any atom is -0.458 e. The van der Waals surface area contributed by atoms with E-state index in [9.17, 15) is 19.2 Å². The molecule has 22 heavy (non-hydrogen) atoms. The van der Waals surface area contributed by atoms with Crippen LogP contribution in [0.3, 0.4) is 0 Å². The Morgan fingerprint density at radius 3 is 1.64 bits per heavy atom. The van der Waals surface area contributed by atoms with Gasteiger partial charge in [-0.1, -0.05) is 0 Å². The molecule has 1 rings (SSSR count). The van der Waals surface area contributed by atoms with E-state index < -0.39 is 47.6 Å². The van der Waals surface area contributed by atoms with Crippen LogP contribution < -0.4 is 0 Å². The van der Waals surface area contributed by atoms with Crippen LogP contribution in [0.15, 0.2) is 0 Å². The molecule has 0 aromatic rings. The van der Waals surface area contributed by atoms with E-state index in [1.807, 2.05) is 0 Å². The molecular formula is C13H18O8S. The van der Waals surface area contributed by atoms with Gasteiger partial charge in [0.05, 0.1) is 0 Å². The molecule has 1 fully saturated rings. The average molecular weight is 334 g/mol. The predicted molar refractivity (Wildman–Crippen MR) is 74.7 cm³/mol. The second kappa shape index (κ2) is 8.02. The van der Waals surface area contributed by atoms with Crippen LogP contribution in [0.1, 0.15) is 27.7 Å². The van der Waals surface area contributed by atoms with Crippen LogP contribution in [0.2, 0.25) is 0 Å². The average Bonchev–Trinajstić information content (AvgIpc) is 2.34. The topological polar surface area (TPSA) is 105 Å². The van der Waals surface area contributed by atoms with E-state index in [1.54, 1.807) is 0 Å². The third-order valence-corrected chi connectivity index (χ3v) is 3.80. The summed E-state index contributed by atoms with van der Waals surface area (Å²) in [5.74, 6) is -2.17. The van der Waals surface area contributed by atoms with Crippen LogP contribution in [-0.2, 0) is 38.1 Å². The molecule has 1 aliphatic heterocycles. The molecule has 0 aromatic heterocycles. The fourth-order valence-electron chi connectivity index (χ4n) is 1.97. The monoisotopic (exact) mass is 334 g/mol. The highest BCUT2D eigenvalue weighted by Gasteiger charge is 2.47. The fraction of sp³-hybridized carbons (Fsp3) is 0.692. The Kier molecular flexibility index (Phi) is 6.66. The van der Waals surface area contributed by atoms with Gasteiger partial charge in [-0.15, -0.1) is 11.8 Å². The van der Waals surface area contributed by atoms with E-state index in [2.05, 4.69) is 0 Å². The molecule has 124 valence electrons. The summed E-state index contributed by atoms with van der Waals surface area (Å²) in [4.78, 5) is 44.9. The number of carbonyl (C=O) groups excluding carboxylic acids is 4. The van der Waals surface area contributed by atoms with Crippen LogP contribution in [0.25, 0.3) is 0 Å². The molecule has 0 N–H and O–H groups in total. The molecule has 1 saturated heterocycles. The van der Waals surface area contributed by atoms with Crippen molar-refractivity contribution in [1.29, 1.82) is 0 Å². The van der Waals surface area contributed by atoms with Crippen molar-refractivity contribution in [2.45, 2.75) is 51.4 Å². The molecule has 0 radical (unpaired) electrons. The SMILES string of the molecule is CC(=O)OC1CSC(OC(C)=O)C(OC(C)=O)C1OC(C)=O. The van der Waals surface area contributed by atoms with Gasteiger partial charge in [-0.2, -0.15) is 0 Å². The Bertz CT molecular complexity index is 421. The van der Waals surface area contributed by atoms with Gasteiger partial charge >= 0.3 is 23.9 Å². The molecule has 4 atom stereocenters. The van der Waals surface area contributed by atoms with Crippen molar-refractivity contribution < 1.29 is 38.1 Å². The van der Waals surface area contributed by atoms with Gasteiger partial charge in [0.25, 0.3) is 0 Å². The summed E-state index contributed by atoms with van der Waals surface area (Å²) in [6, 6.07) is 0. The molecule has 4 unspecified atom stereocenters. The Hall–Kier alpha value is -1.77. The maximum absolute atomic E-state index is 11.3. The first-order chi connectivity index (χ1) is 10.2. The van der Waals surface area contributed by atoms with E-state index in [1.165, 1.54) is 27.7 Å². The Labute approximate surface area is 131 Å². The summed E-state index contributed by atoms with van der Waals surface area (Å²) in [7, 11) is 0. The van der Waals surface area contributed by atoms with Crippen molar-refractivity contribution in [3.63, 3.8) is 0 Å². The number of ether oxygens (including phenoxy) is 4. The second-order valence-corrected chi connectivity index (χ2v) is 5.74. The van der Waals surface area contributed by atoms with Crippen molar-refractivity contribution in [1.82, 2.24) is 0 Å². The molecule has 8 nitrogen and oxygen atoms in total. The first-order valence-electron chi connectivity index (χ1n) is 6.51. The van der Waals surface area contributed by atoms with E-state index in [-0.39, 0.29) is 5.75 Å². The molecule has 1 heterocycles. The lowest BCUT2D eigenvalue weighted by atomic mass is 10.1. The van der Waals surface area contributed by atoms with E-state index >= 15 is 0 Å². The lowest BCUT2D eigenvalue weighted by Gasteiger charge is -2.39.